The molecule has 2 rings (SSSR count). The molecule has 0 spiro atoms. The van der Waals surface area contributed by atoms with Crippen LogP contribution < -0.4 is 19.1 Å². The summed E-state index contributed by atoms with van der Waals surface area (Å²) in [5.41, 5.74) is -0.181. The zero-order chi connectivity index (χ0) is 21.6. The number of sulfonamides is 1. The van der Waals surface area contributed by atoms with E-state index in [0.717, 1.165) is 16.6 Å². The number of benzene rings is 2. The number of methoxy groups -OCH3 is 1. The summed E-state index contributed by atoms with van der Waals surface area (Å²) in [5.74, 6) is 0.00331. The van der Waals surface area contributed by atoms with Crippen LogP contribution in [-0.4, -0.2) is 46.4 Å². The van der Waals surface area contributed by atoms with Crippen LogP contribution in [0.15, 0.2) is 48.5 Å². The molecule has 1 amide bonds. The van der Waals surface area contributed by atoms with Gasteiger partial charge in [-0.05, 0) is 50.2 Å². The molecular formula is C20H25FN2O5S. The molecule has 2 aromatic carbocycles. The first-order valence-corrected chi connectivity index (χ1v) is 10.8. The smallest absolute Gasteiger partial charge is 0.243 e. The van der Waals surface area contributed by atoms with Crippen LogP contribution in [0.1, 0.15) is 13.8 Å². The van der Waals surface area contributed by atoms with Crippen LogP contribution in [0.5, 0.6) is 11.5 Å². The number of carbonyl (C=O) groups is 1. The van der Waals surface area contributed by atoms with E-state index in [2.05, 4.69) is 5.32 Å². The normalized spacial score (nSPS) is 13.3. The lowest BCUT2D eigenvalue weighted by molar-refractivity contribution is -0.122. The average Bonchev–Trinajstić information content (AvgIpc) is 2.67. The number of carbonyl (C=O) groups excluding carboxylic acids is 1. The average molecular weight is 424 g/mol. The van der Waals surface area contributed by atoms with Crippen LogP contribution in [0, 0.1) is 5.82 Å². The number of hydrogen-bond donors (Lipinski definition) is 1. The molecule has 2 atom stereocenters. The van der Waals surface area contributed by atoms with Crippen molar-refractivity contribution >= 4 is 21.6 Å². The number of halogens is 1. The summed E-state index contributed by atoms with van der Waals surface area (Å²) in [7, 11) is -2.33. The lowest BCUT2D eigenvalue weighted by Gasteiger charge is -2.29. The molecule has 0 aliphatic rings. The van der Waals surface area contributed by atoms with Gasteiger partial charge in [-0.3, -0.25) is 9.10 Å². The molecular weight excluding hydrogens is 399 g/mol. The van der Waals surface area contributed by atoms with Gasteiger partial charge in [0.25, 0.3) is 0 Å². The second kappa shape index (κ2) is 9.60. The molecule has 158 valence electrons. The van der Waals surface area contributed by atoms with E-state index >= 15 is 0 Å². The summed E-state index contributed by atoms with van der Waals surface area (Å²) >= 11 is 0. The molecule has 2 aromatic rings. The highest BCUT2D eigenvalue weighted by atomic mass is 32.2. The Hall–Kier alpha value is -2.81. The van der Waals surface area contributed by atoms with Crippen LogP contribution in [0.3, 0.4) is 0 Å². The second-order valence-electron chi connectivity index (χ2n) is 6.58. The Morgan fingerprint density at radius 3 is 2.24 bits per heavy atom. The highest BCUT2D eigenvalue weighted by molar-refractivity contribution is 7.92. The van der Waals surface area contributed by atoms with Gasteiger partial charge in [0.2, 0.25) is 15.9 Å². The lowest BCUT2D eigenvalue weighted by atomic mass is 10.2. The van der Waals surface area contributed by atoms with E-state index < -0.39 is 33.8 Å². The van der Waals surface area contributed by atoms with Crippen molar-refractivity contribution in [3.63, 3.8) is 0 Å². The Kier molecular flexibility index (Phi) is 7.44. The third-order valence-electron chi connectivity index (χ3n) is 4.13. The second-order valence-corrected chi connectivity index (χ2v) is 8.44. The minimum Gasteiger partial charge on any atom is -0.497 e. The van der Waals surface area contributed by atoms with Crippen molar-refractivity contribution in [2.24, 2.45) is 0 Å². The minimum atomic E-state index is -3.89. The highest BCUT2D eigenvalue weighted by Crippen LogP contribution is 2.24. The largest absolute Gasteiger partial charge is 0.497 e. The van der Waals surface area contributed by atoms with E-state index in [9.17, 15) is 17.6 Å². The van der Waals surface area contributed by atoms with Crippen molar-refractivity contribution in [1.82, 2.24) is 5.32 Å². The van der Waals surface area contributed by atoms with Gasteiger partial charge in [0.15, 0.2) is 0 Å². The van der Waals surface area contributed by atoms with Crippen molar-refractivity contribution in [3.8, 4) is 11.5 Å². The number of nitrogens with one attached hydrogen (secondary N) is 1. The fourth-order valence-electron chi connectivity index (χ4n) is 2.71. The summed E-state index contributed by atoms with van der Waals surface area (Å²) in [6, 6.07) is 10.8. The van der Waals surface area contributed by atoms with Gasteiger partial charge in [-0.1, -0.05) is 12.1 Å². The quantitative estimate of drug-likeness (QED) is 0.669. The predicted molar refractivity (Wildman–Crippen MR) is 109 cm³/mol. The van der Waals surface area contributed by atoms with E-state index in [1.165, 1.54) is 25.1 Å². The maximum Gasteiger partial charge on any atom is 0.243 e. The molecule has 0 radical (unpaired) electrons. The summed E-state index contributed by atoms with van der Waals surface area (Å²) in [5, 5.41) is 2.70. The summed E-state index contributed by atoms with van der Waals surface area (Å²) in [6.07, 6.45) is 0.930. The van der Waals surface area contributed by atoms with E-state index in [1.54, 1.807) is 38.3 Å². The van der Waals surface area contributed by atoms with Crippen molar-refractivity contribution in [1.29, 1.82) is 0 Å². The summed E-state index contributed by atoms with van der Waals surface area (Å²) < 4.78 is 50.1. The van der Waals surface area contributed by atoms with Crippen LogP contribution in [0.4, 0.5) is 10.1 Å². The Labute approximate surface area is 170 Å². The maximum absolute atomic E-state index is 14.2. The van der Waals surface area contributed by atoms with Gasteiger partial charge in [-0.15, -0.1) is 0 Å². The molecule has 1 N–H and O–H groups in total. The molecule has 0 bridgehead atoms. The molecule has 0 aliphatic heterocycles. The zero-order valence-corrected chi connectivity index (χ0v) is 17.6. The first-order valence-electron chi connectivity index (χ1n) is 8.94. The van der Waals surface area contributed by atoms with Crippen molar-refractivity contribution in [3.05, 3.63) is 54.3 Å². The van der Waals surface area contributed by atoms with E-state index in [-0.39, 0.29) is 12.3 Å². The number of amides is 1. The van der Waals surface area contributed by atoms with Crippen molar-refractivity contribution < 1.29 is 27.1 Å². The summed E-state index contributed by atoms with van der Waals surface area (Å²) in [6.45, 7) is 3.30. The fraction of sp³-hybridized carbons (Fsp3) is 0.350. The predicted octanol–water partition coefficient (Wildman–Crippen LogP) is 2.57. The Bertz CT molecular complexity index is 934. The van der Waals surface area contributed by atoms with Gasteiger partial charge in [0.05, 0.1) is 25.1 Å². The Morgan fingerprint density at radius 2 is 1.69 bits per heavy atom. The maximum atomic E-state index is 14.2. The molecule has 29 heavy (non-hydrogen) atoms. The fourth-order valence-corrected chi connectivity index (χ4v) is 3.89. The molecule has 0 fully saturated rings. The van der Waals surface area contributed by atoms with Crippen molar-refractivity contribution in [2.45, 2.75) is 25.9 Å². The number of ether oxygens (including phenoxy) is 2. The van der Waals surface area contributed by atoms with Crippen LogP contribution >= 0.6 is 0 Å². The Morgan fingerprint density at radius 1 is 1.10 bits per heavy atom. The molecule has 2 unspecified atom stereocenters. The topological polar surface area (TPSA) is 84.9 Å². The minimum absolute atomic E-state index is 0.170. The van der Waals surface area contributed by atoms with E-state index in [1.807, 2.05) is 0 Å². The van der Waals surface area contributed by atoms with Gasteiger partial charge in [-0.25, -0.2) is 12.8 Å². The molecule has 0 saturated heterocycles. The highest BCUT2D eigenvalue weighted by Gasteiger charge is 2.31. The van der Waals surface area contributed by atoms with Gasteiger partial charge < -0.3 is 14.8 Å². The van der Waals surface area contributed by atoms with E-state index in [0.29, 0.717) is 11.5 Å². The monoisotopic (exact) mass is 424 g/mol. The third kappa shape index (κ3) is 6.08. The first kappa shape index (κ1) is 22.5. The number of rotatable bonds is 9. The molecule has 7 nitrogen and oxygen atoms in total. The van der Waals surface area contributed by atoms with Crippen LogP contribution in [-0.2, 0) is 14.8 Å². The molecule has 0 heterocycles. The van der Waals surface area contributed by atoms with Gasteiger partial charge in [0, 0.05) is 0 Å². The number of hydrogen-bond acceptors (Lipinski definition) is 5. The van der Waals surface area contributed by atoms with Gasteiger partial charge in [-0.2, -0.15) is 0 Å². The molecule has 0 aliphatic carbocycles. The number of nitrogens with zero attached hydrogens (tertiary/aromatic N) is 1. The summed E-state index contributed by atoms with van der Waals surface area (Å²) in [4.78, 5) is 12.6. The molecule has 9 heteroatoms. The molecule has 0 saturated carbocycles. The van der Waals surface area contributed by atoms with Crippen LogP contribution in [0.2, 0.25) is 0 Å². The molecule has 0 aromatic heterocycles. The number of para-hydroxylation sites is 1. The van der Waals surface area contributed by atoms with Gasteiger partial charge in [0.1, 0.15) is 30.0 Å². The van der Waals surface area contributed by atoms with Gasteiger partial charge >= 0.3 is 0 Å². The zero-order valence-electron chi connectivity index (χ0n) is 16.8. The van der Waals surface area contributed by atoms with E-state index in [4.69, 9.17) is 9.47 Å². The number of anilines is 1. The van der Waals surface area contributed by atoms with Crippen molar-refractivity contribution in [2.75, 3.05) is 24.3 Å². The Balaban J connectivity index is 2.04. The standard InChI is InChI=1S/C20H25FN2O5S/c1-14(13-28-17-11-9-16(27-3)10-12-17)22-20(24)15(2)23(29(4,25)26)19-8-6-5-7-18(19)21/h5-12,14-15H,13H2,1-4H3,(H,22,24). The van der Waals surface area contributed by atoms with Crippen LogP contribution in [0.25, 0.3) is 0 Å². The first-order chi connectivity index (χ1) is 13.6. The third-order valence-corrected chi connectivity index (χ3v) is 5.35. The lowest BCUT2D eigenvalue weighted by Crippen LogP contribution is -2.51. The SMILES string of the molecule is COc1ccc(OCC(C)NC(=O)C(C)N(c2ccccc2F)S(C)(=O)=O)cc1.